The lowest BCUT2D eigenvalue weighted by atomic mass is 10.1. The second-order valence-corrected chi connectivity index (χ2v) is 6.83. The summed E-state index contributed by atoms with van der Waals surface area (Å²) in [5.74, 6) is -0.576. The Morgan fingerprint density at radius 3 is 2.41 bits per heavy atom. The monoisotopic (exact) mass is 382 g/mol. The Kier molecular flexibility index (Phi) is 5.51. The van der Waals surface area contributed by atoms with Gasteiger partial charge in [-0.2, -0.15) is 4.68 Å². The van der Waals surface area contributed by atoms with E-state index in [0.717, 1.165) is 16.8 Å². The van der Waals surface area contributed by atoms with E-state index in [0.29, 0.717) is 16.4 Å². The van der Waals surface area contributed by atoms with Crippen LogP contribution in [0.4, 0.5) is 5.69 Å². The summed E-state index contributed by atoms with van der Waals surface area (Å²) in [6.07, 6.45) is 0. The zero-order valence-corrected chi connectivity index (χ0v) is 15.7. The molecule has 0 fully saturated rings. The van der Waals surface area contributed by atoms with Crippen LogP contribution >= 0.6 is 11.8 Å². The van der Waals surface area contributed by atoms with Crippen molar-refractivity contribution in [2.45, 2.75) is 19.0 Å². The molecule has 0 bridgehead atoms. The number of thioether (sulfide) groups is 1. The average Bonchev–Trinajstić information content (AvgIpc) is 3.08. The zero-order valence-electron chi connectivity index (χ0n) is 14.8. The van der Waals surface area contributed by atoms with Gasteiger partial charge in [0.15, 0.2) is 0 Å². The number of tetrazole rings is 1. The summed E-state index contributed by atoms with van der Waals surface area (Å²) < 4.78 is 1.64. The third-order valence-corrected chi connectivity index (χ3v) is 4.80. The predicted octanol–water partition coefficient (Wildman–Crippen LogP) is 2.11. The van der Waals surface area contributed by atoms with E-state index in [9.17, 15) is 9.59 Å². The van der Waals surface area contributed by atoms with Crippen molar-refractivity contribution in [2.75, 3.05) is 11.1 Å². The van der Waals surface area contributed by atoms with E-state index in [-0.39, 0.29) is 11.7 Å². The zero-order chi connectivity index (χ0) is 19.4. The Labute approximate surface area is 160 Å². The lowest BCUT2D eigenvalue weighted by Crippen LogP contribution is -2.15. The molecule has 3 rings (SSSR count). The van der Waals surface area contributed by atoms with E-state index in [1.165, 1.54) is 11.8 Å². The molecule has 0 saturated carbocycles. The Balaban J connectivity index is 1.67. The number of carbonyl (C=O) groups is 2. The lowest BCUT2D eigenvalue weighted by Gasteiger charge is -2.10. The summed E-state index contributed by atoms with van der Waals surface area (Å²) >= 11 is 1.24. The number of aryl methyl sites for hydroxylation is 2. The van der Waals surface area contributed by atoms with Crippen molar-refractivity contribution in [1.82, 2.24) is 20.2 Å². The van der Waals surface area contributed by atoms with Gasteiger partial charge in [-0.15, -0.1) is 5.10 Å². The fourth-order valence-electron chi connectivity index (χ4n) is 2.59. The molecular formula is C18H18N6O2S. The number of nitrogens with two attached hydrogens (primary N) is 1. The highest BCUT2D eigenvalue weighted by atomic mass is 32.2. The van der Waals surface area contributed by atoms with Crippen molar-refractivity contribution < 1.29 is 9.59 Å². The molecule has 2 amide bonds. The fourth-order valence-corrected chi connectivity index (χ4v) is 3.27. The molecule has 0 aliphatic carbocycles. The molecule has 27 heavy (non-hydrogen) atoms. The van der Waals surface area contributed by atoms with Crippen LogP contribution in [0, 0.1) is 13.8 Å². The molecule has 2 aromatic carbocycles. The van der Waals surface area contributed by atoms with Gasteiger partial charge in [0.05, 0.1) is 11.4 Å². The summed E-state index contributed by atoms with van der Waals surface area (Å²) in [6, 6.07) is 12.3. The Morgan fingerprint density at radius 1 is 1.11 bits per heavy atom. The molecule has 3 aromatic rings. The van der Waals surface area contributed by atoms with Crippen LogP contribution in [0.3, 0.4) is 0 Å². The van der Waals surface area contributed by atoms with Crippen LogP contribution in [0.2, 0.25) is 0 Å². The first-order valence-electron chi connectivity index (χ1n) is 8.13. The molecule has 1 heterocycles. The molecule has 0 saturated heterocycles. The summed E-state index contributed by atoms with van der Waals surface area (Å²) in [7, 11) is 0. The first kappa shape index (κ1) is 18.6. The van der Waals surface area contributed by atoms with Gasteiger partial charge in [-0.25, -0.2) is 0 Å². The number of amides is 2. The van der Waals surface area contributed by atoms with Crippen LogP contribution in [0.1, 0.15) is 21.5 Å². The van der Waals surface area contributed by atoms with Gasteiger partial charge in [-0.1, -0.05) is 30.0 Å². The molecular weight excluding hydrogens is 364 g/mol. The first-order chi connectivity index (χ1) is 13.0. The molecule has 3 N–H and O–H groups in total. The SMILES string of the molecule is Cc1cccc(C)c1-n1nnnc1SCC(=O)Nc1ccc(C(N)=O)cc1. The van der Waals surface area contributed by atoms with E-state index in [1.54, 1.807) is 28.9 Å². The van der Waals surface area contributed by atoms with E-state index >= 15 is 0 Å². The number of hydrogen-bond acceptors (Lipinski definition) is 6. The van der Waals surface area contributed by atoms with Crippen LogP contribution in [-0.4, -0.2) is 37.8 Å². The maximum atomic E-state index is 12.2. The normalized spacial score (nSPS) is 10.6. The van der Waals surface area contributed by atoms with Crippen LogP contribution in [-0.2, 0) is 4.79 Å². The minimum Gasteiger partial charge on any atom is -0.366 e. The van der Waals surface area contributed by atoms with Gasteiger partial charge >= 0.3 is 0 Å². The average molecular weight is 382 g/mol. The molecule has 0 unspecified atom stereocenters. The van der Waals surface area contributed by atoms with Crippen molar-refractivity contribution in [1.29, 1.82) is 0 Å². The van der Waals surface area contributed by atoms with Crippen LogP contribution < -0.4 is 11.1 Å². The molecule has 1 aromatic heterocycles. The maximum Gasteiger partial charge on any atom is 0.248 e. The standard InChI is InChI=1S/C18H18N6O2S/c1-11-4-3-5-12(2)16(11)24-18(21-22-23-24)27-10-15(25)20-14-8-6-13(7-9-14)17(19)26/h3-9H,10H2,1-2H3,(H2,19,26)(H,20,25). The highest BCUT2D eigenvalue weighted by molar-refractivity contribution is 7.99. The van der Waals surface area contributed by atoms with Crippen LogP contribution in [0.25, 0.3) is 5.69 Å². The van der Waals surface area contributed by atoms with Gasteiger partial charge in [0.2, 0.25) is 17.0 Å². The molecule has 0 aliphatic heterocycles. The Morgan fingerprint density at radius 2 is 1.78 bits per heavy atom. The van der Waals surface area contributed by atoms with Crippen molar-refractivity contribution in [3.63, 3.8) is 0 Å². The molecule has 0 spiro atoms. The number of rotatable bonds is 6. The van der Waals surface area contributed by atoms with Gasteiger partial charge in [-0.05, 0) is 59.7 Å². The number of anilines is 1. The number of hydrogen-bond donors (Lipinski definition) is 2. The quantitative estimate of drug-likeness (QED) is 0.631. The summed E-state index contributed by atoms with van der Waals surface area (Å²) in [5, 5.41) is 15.1. The summed E-state index contributed by atoms with van der Waals surface area (Å²) in [5.41, 5.74) is 9.17. The largest absolute Gasteiger partial charge is 0.366 e. The second kappa shape index (κ2) is 8.00. The lowest BCUT2D eigenvalue weighted by molar-refractivity contribution is -0.113. The van der Waals surface area contributed by atoms with Gasteiger partial charge < -0.3 is 11.1 Å². The first-order valence-corrected chi connectivity index (χ1v) is 9.12. The molecule has 0 atom stereocenters. The fraction of sp³-hybridized carbons (Fsp3) is 0.167. The van der Waals surface area contributed by atoms with Crippen molar-refractivity contribution in [2.24, 2.45) is 5.73 Å². The highest BCUT2D eigenvalue weighted by Gasteiger charge is 2.15. The van der Waals surface area contributed by atoms with Crippen molar-refractivity contribution >= 4 is 29.3 Å². The smallest absolute Gasteiger partial charge is 0.248 e. The minimum atomic E-state index is -0.512. The van der Waals surface area contributed by atoms with E-state index in [1.807, 2.05) is 32.0 Å². The third-order valence-electron chi connectivity index (χ3n) is 3.88. The van der Waals surface area contributed by atoms with Gasteiger partial charge in [0.1, 0.15) is 0 Å². The number of carbonyl (C=O) groups excluding carboxylic acids is 2. The Bertz CT molecular complexity index is 964. The van der Waals surface area contributed by atoms with Crippen molar-refractivity contribution in [3.8, 4) is 5.69 Å². The van der Waals surface area contributed by atoms with Crippen LogP contribution in [0.5, 0.6) is 0 Å². The third kappa shape index (κ3) is 4.32. The summed E-state index contributed by atoms with van der Waals surface area (Å²) in [6.45, 7) is 3.97. The number of aromatic nitrogens is 4. The minimum absolute atomic E-state index is 0.142. The number of primary amides is 1. The van der Waals surface area contributed by atoms with E-state index < -0.39 is 5.91 Å². The van der Waals surface area contributed by atoms with Crippen molar-refractivity contribution in [3.05, 3.63) is 59.2 Å². The van der Waals surface area contributed by atoms with Gasteiger partial charge in [0, 0.05) is 11.3 Å². The van der Waals surface area contributed by atoms with Gasteiger partial charge in [0.25, 0.3) is 0 Å². The van der Waals surface area contributed by atoms with E-state index in [2.05, 4.69) is 20.8 Å². The number of benzene rings is 2. The highest BCUT2D eigenvalue weighted by Crippen LogP contribution is 2.23. The molecule has 138 valence electrons. The second-order valence-electron chi connectivity index (χ2n) is 5.89. The van der Waals surface area contributed by atoms with Gasteiger partial charge in [-0.3, -0.25) is 9.59 Å². The molecule has 0 aliphatic rings. The predicted molar refractivity (Wildman–Crippen MR) is 103 cm³/mol. The molecule has 8 nitrogen and oxygen atoms in total. The van der Waals surface area contributed by atoms with E-state index in [4.69, 9.17) is 5.73 Å². The maximum absolute atomic E-state index is 12.2. The molecule has 0 radical (unpaired) electrons. The van der Waals surface area contributed by atoms with Crippen LogP contribution in [0.15, 0.2) is 47.6 Å². The summed E-state index contributed by atoms with van der Waals surface area (Å²) in [4.78, 5) is 23.3. The number of nitrogens with one attached hydrogen (secondary N) is 1. The number of nitrogens with zero attached hydrogens (tertiary/aromatic N) is 4. The number of para-hydroxylation sites is 1. The molecule has 9 heteroatoms. The topological polar surface area (TPSA) is 116 Å². The Hall–Kier alpha value is -3.20.